The number of nitrogens with zero attached hydrogens (tertiary/aromatic N) is 2. The van der Waals surface area contributed by atoms with Gasteiger partial charge in [0.15, 0.2) is 0 Å². The quantitative estimate of drug-likeness (QED) is 0.584. The van der Waals surface area contributed by atoms with Crippen molar-refractivity contribution < 1.29 is 9.59 Å². The van der Waals surface area contributed by atoms with Crippen LogP contribution < -0.4 is 10.9 Å². The van der Waals surface area contributed by atoms with Crippen LogP contribution in [0.1, 0.15) is 34.0 Å². The molecule has 0 aliphatic carbocycles. The second-order valence-corrected chi connectivity index (χ2v) is 9.27. The van der Waals surface area contributed by atoms with E-state index in [1.165, 1.54) is 0 Å². The van der Waals surface area contributed by atoms with E-state index in [-0.39, 0.29) is 34.9 Å². The van der Waals surface area contributed by atoms with E-state index in [1.807, 2.05) is 41.0 Å². The topological polar surface area (TPSA) is 71.4 Å². The molecule has 6 nitrogen and oxygen atoms in total. The molecule has 2 bridgehead atoms. The Hall–Kier alpha value is -3.64. The fourth-order valence-electron chi connectivity index (χ4n) is 4.90. The van der Waals surface area contributed by atoms with Gasteiger partial charge in [-0.15, -0.1) is 0 Å². The van der Waals surface area contributed by atoms with Crippen molar-refractivity contribution in [3.05, 3.63) is 111 Å². The molecule has 2 aliphatic rings. The van der Waals surface area contributed by atoms with Gasteiger partial charge in [-0.3, -0.25) is 14.4 Å². The van der Waals surface area contributed by atoms with E-state index in [0.717, 1.165) is 17.7 Å². The van der Waals surface area contributed by atoms with Crippen molar-refractivity contribution in [3.8, 4) is 0 Å². The van der Waals surface area contributed by atoms with Crippen LogP contribution in [0.25, 0.3) is 6.08 Å². The number of halogens is 1. The lowest BCUT2D eigenvalue weighted by atomic mass is 9.83. The first kappa shape index (κ1) is 22.2. The Kier molecular flexibility index (Phi) is 6.07. The Labute approximate surface area is 202 Å². The molecule has 2 aliphatic heterocycles. The van der Waals surface area contributed by atoms with Crippen LogP contribution in [0, 0.1) is 5.92 Å². The maximum absolute atomic E-state index is 13.7. The Morgan fingerprint density at radius 2 is 1.68 bits per heavy atom. The van der Waals surface area contributed by atoms with Gasteiger partial charge in [-0.25, -0.2) is 0 Å². The molecule has 1 N–H and O–H groups in total. The SMILES string of the molecule is O=C(N/C(=C\c1ccccc1)C(=O)N1CC2CC(C1)c1cccc(=O)n1C2)c1ccc(Cl)cc1. The van der Waals surface area contributed by atoms with Gasteiger partial charge in [0.1, 0.15) is 5.70 Å². The Balaban J connectivity index is 1.43. The van der Waals surface area contributed by atoms with Crippen LogP contribution in [0.2, 0.25) is 5.02 Å². The number of amides is 2. The minimum Gasteiger partial charge on any atom is -0.336 e. The molecule has 1 fully saturated rings. The average Bonchev–Trinajstić information content (AvgIpc) is 2.85. The molecule has 34 heavy (non-hydrogen) atoms. The molecule has 1 saturated heterocycles. The summed E-state index contributed by atoms with van der Waals surface area (Å²) >= 11 is 5.95. The number of likely N-dealkylation sites (tertiary alicyclic amines) is 1. The highest BCUT2D eigenvalue weighted by molar-refractivity contribution is 6.30. The number of rotatable bonds is 4. The zero-order valence-corrected chi connectivity index (χ0v) is 19.2. The van der Waals surface area contributed by atoms with Crippen molar-refractivity contribution in [1.29, 1.82) is 0 Å². The highest BCUT2D eigenvalue weighted by Gasteiger charge is 2.37. The molecular weight excluding hydrogens is 450 g/mol. The summed E-state index contributed by atoms with van der Waals surface area (Å²) < 4.78 is 1.84. The van der Waals surface area contributed by atoms with Gasteiger partial charge in [0.2, 0.25) is 0 Å². The molecule has 5 rings (SSSR count). The summed E-state index contributed by atoms with van der Waals surface area (Å²) in [6.07, 6.45) is 2.65. The molecule has 0 spiro atoms. The number of nitrogens with one attached hydrogen (secondary N) is 1. The molecule has 1 aromatic heterocycles. The van der Waals surface area contributed by atoms with Crippen molar-refractivity contribution in [3.63, 3.8) is 0 Å². The minimum atomic E-state index is -0.374. The Morgan fingerprint density at radius 1 is 0.912 bits per heavy atom. The molecule has 2 amide bonds. The lowest BCUT2D eigenvalue weighted by Crippen LogP contribution is -2.50. The van der Waals surface area contributed by atoms with Gasteiger partial charge >= 0.3 is 0 Å². The van der Waals surface area contributed by atoms with E-state index in [4.69, 9.17) is 11.6 Å². The molecule has 2 aromatic carbocycles. The molecular formula is C27H24ClN3O3. The van der Waals surface area contributed by atoms with Crippen molar-refractivity contribution in [2.75, 3.05) is 13.1 Å². The standard InChI is InChI=1S/C27H24ClN3O3/c28-22-11-9-20(10-12-22)26(33)29-23(14-18-5-2-1-3-6-18)27(34)30-15-19-13-21(17-30)24-7-4-8-25(32)31(24)16-19/h1-12,14,19,21H,13,15-17H2,(H,29,33)/b23-14-. The second kappa shape index (κ2) is 9.31. The van der Waals surface area contributed by atoms with Gasteiger partial charge in [0.25, 0.3) is 17.4 Å². The lowest BCUT2D eigenvalue weighted by molar-refractivity contribution is -0.130. The Morgan fingerprint density at radius 3 is 2.44 bits per heavy atom. The summed E-state index contributed by atoms with van der Waals surface area (Å²) in [6.45, 7) is 1.64. The van der Waals surface area contributed by atoms with Crippen molar-refractivity contribution in [2.24, 2.45) is 5.92 Å². The highest BCUT2D eigenvalue weighted by Crippen LogP contribution is 2.35. The molecule has 2 atom stereocenters. The van der Waals surface area contributed by atoms with Gasteiger partial charge in [-0.05, 0) is 54.3 Å². The largest absolute Gasteiger partial charge is 0.336 e. The minimum absolute atomic E-state index is 0.00636. The van der Waals surface area contributed by atoms with E-state index in [0.29, 0.717) is 30.2 Å². The summed E-state index contributed by atoms with van der Waals surface area (Å²) in [5.74, 6) is -0.315. The van der Waals surface area contributed by atoms with Crippen molar-refractivity contribution in [1.82, 2.24) is 14.8 Å². The summed E-state index contributed by atoms with van der Waals surface area (Å²) in [5.41, 5.74) is 2.43. The molecule has 7 heteroatoms. The number of pyridine rings is 1. The van der Waals surface area contributed by atoms with Crippen LogP contribution in [-0.4, -0.2) is 34.4 Å². The van der Waals surface area contributed by atoms with Gasteiger partial charge in [-0.2, -0.15) is 0 Å². The summed E-state index contributed by atoms with van der Waals surface area (Å²) in [7, 11) is 0. The zero-order chi connectivity index (χ0) is 23.7. The van der Waals surface area contributed by atoms with Crippen LogP contribution in [-0.2, 0) is 11.3 Å². The third kappa shape index (κ3) is 4.54. The van der Waals surface area contributed by atoms with Gasteiger partial charge in [-0.1, -0.05) is 48.0 Å². The van der Waals surface area contributed by atoms with Gasteiger partial charge in [0.05, 0.1) is 0 Å². The number of benzene rings is 2. The number of hydrogen-bond donors (Lipinski definition) is 1. The number of fused-ring (bicyclic) bond motifs is 4. The third-order valence-corrected chi connectivity index (χ3v) is 6.71. The smallest absolute Gasteiger partial charge is 0.270 e. The number of aromatic nitrogens is 1. The fourth-order valence-corrected chi connectivity index (χ4v) is 5.02. The van der Waals surface area contributed by atoms with Crippen LogP contribution >= 0.6 is 11.6 Å². The number of hydrogen-bond acceptors (Lipinski definition) is 3. The molecule has 2 unspecified atom stereocenters. The molecule has 3 heterocycles. The van der Waals surface area contributed by atoms with Crippen LogP contribution in [0.4, 0.5) is 0 Å². The van der Waals surface area contributed by atoms with Crippen molar-refractivity contribution >= 4 is 29.5 Å². The van der Waals surface area contributed by atoms with Gasteiger partial charge in [0, 0.05) is 47.9 Å². The first-order valence-corrected chi connectivity index (χ1v) is 11.7. The van der Waals surface area contributed by atoms with Gasteiger partial charge < -0.3 is 14.8 Å². The average molecular weight is 474 g/mol. The molecule has 172 valence electrons. The van der Waals surface area contributed by atoms with E-state index >= 15 is 0 Å². The van der Waals surface area contributed by atoms with E-state index < -0.39 is 0 Å². The first-order valence-electron chi connectivity index (χ1n) is 11.3. The summed E-state index contributed by atoms with van der Waals surface area (Å²) in [6, 6.07) is 21.3. The predicted octanol–water partition coefficient (Wildman–Crippen LogP) is 3.92. The lowest BCUT2D eigenvalue weighted by Gasteiger charge is -2.43. The van der Waals surface area contributed by atoms with Crippen molar-refractivity contribution in [2.45, 2.75) is 18.9 Å². The van der Waals surface area contributed by atoms with E-state index in [2.05, 4.69) is 5.32 Å². The second-order valence-electron chi connectivity index (χ2n) is 8.84. The summed E-state index contributed by atoms with van der Waals surface area (Å²) in [5, 5.41) is 3.36. The van der Waals surface area contributed by atoms with Crippen LogP contribution in [0.3, 0.4) is 0 Å². The predicted molar refractivity (Wildman–Crippen MR) is 131 cm³/mol. The van der Waals surface area contributed by atoms with E-state index in [9.17, 15) is 14.4 Å². The Bertz CT molecular complexity index is 1310. The fraction of sp³-hybridized carbons (Fsp3) is 0.222. The van der Waals surface area contributed by atoms with E-state index in [1.54, 1.807) is 47.4 Å². The van der Waals surface area contributed by atoms with Crippen LogP contribution in [0.5, 0.6) is 0 Å². The number of carbonyl (C=O) groups is 2. The third-order valence-electron chi connectivity index (χ3n) is 6.46. The monoisotopic (exact) mass is 473 g/mol. The first-order chi connectivity index (χ1) is 16.5. The normalized spacial score (nSPS) is 19.3. The maximum Gasteiger partial charge on any atom is 0.270 e. The molecule has 0 saturated carbocycles. The number of piperidine rings is 1. The number of carbonyl (C=O) groups excluding carboxylic acids is 2. The highest BCUT2D eigenvalue weighted by atomic mass is 35.5. The zero-order valence-electron chi connectivity index (χ0n) is 18.5. The van der Waals surface area contributed by atoms with Crippen LogP contribution in [0.15, 0.2) is 83.3 Å². The summed E-state index contributed by atoms with van der Waals surface area (Å²) in [4.78, 5) is 40.7. The molecule has 0 radical (unpaired) electrons. The maximum atomic E-state index is 13.7. The molecule has 3 aromatic rings.